The third kappa shape index (κ3) is 3.60. The van der Waals surface area contributed by atoms with E-state index in [0.29, 0.717) is 5.56 Å². The van der Waals surface area contributed by atoms with E-state index in [1.807, 2.05) is 10.9 Å². The molecule has 0 bridgehead atoms. The maximum Gasteiger partial charge on any atom is 0.266 e. The molecule has 22 heavy (non-hydrogen) atoms. The van der Waals surface area contributed by atoms with Crippen molar-refractivity contribution >= 4 is 15.9 Å². The van der Waals surface area contributed by atoms with Gasteiger partial charge in [-0.2, -0.15) is 5.26 Å². The average Bonchev–Trinajstić information content (AvgIpc) is 2.53. The number of rotatable bonds is 4. The van der Waals surface area contributed by atoms with Crippen LogP contribution in [0.15, 0.2) is 53.4 Å². The second-order valence-corrected chi connectivity index (χ2v) is 5.93. The van der Waals surface area contributed by atoms with Gasteiger partial charge >= 0.3 is 0 Å². The van der Waals surface area contributed by atoms with Crippen molar-refractivity contribution in [2.24, 2.45) is 0 Å². The van der Waals surface area contributed by atoms with E-state index in [1.165, 1.54) is 48.5 Å². The Bertz CT molecular complexity index is 822. The van der Waals surface area contributed by atoms with Crippen LogP contribution in [0.2, 0.25) is 0 Å². The summed E-state index contributed by atoms with van der Waals surface area (Å²) < 4.78 is 23.9. The van der Waals surface area contributed by atoms with Gasteiger partial charge in [-0.1, -0.05) is 0 Å². The van der Waals surface area contributed by atoms with Crippen LogP contribution in [0.1, 0.15) is 15.9 Å². The van der Waals surface area contributed by atoms with E-state index >= 15 is 0 Å². The highest BCUT2D eigenvalue weighted by Gasteiger charge is 2.15. The molecule has 0 aliphatic rings. The first kappa shape index (κ1) is 15.5. The normalized spacial score (nSPS) is 10.7. The van der Waals surface area contributed by atoms with Gasteiger partial charge in [-0.25, -0.2) is 8.42 Å². The highest BCUT2D eigenvalue weighted by Crippen LogP contribution is 2.11. The van der Waals surface area contributed by atoms with Crippen molar-refractivity contribution in [2.45, 2.75) is 4.90 Å². The number of nitrogens with zero attached hydrogens (tertiary/aromatic N) is 1. The lowest BCUT2D eigenvalue weighted by Gasteiger charge is -2.08. The van der Waals surface area contributed by atoms with Gasteiger partial charge in [0.05, 0.1) is 16.5 Å². The second kappa shape index (κ2) is 6.26. The zero-order chi connectivity index (χ0) is 16.2. The lowest BCUT2D eigenvalue weighted by molar-refractivity contribution is 0.0945. The largest absolute Gasteiger partial charge is 0.508 e. The third-order valence-electron chi connectivity index (χ3n) is 2.72. The Morgan fingerprint density at radius 3 is 2.18 bits per heavy atom. The van der Waals surface area contributed by atoms with Gasteiger partial charge < -0.3 is 5.11 Å². The summed E-state index contributed by atoms with van der Waals surface area (Å²) >= 11 is 0. The predicted octanol–water partition coefficient (Wildman–Crippen LogP) is 0.887. The Hall–Kier alpha value is -2.89. The van der Waals surface area contributed by atoms with E-state index in [2.05, 4.69) is 5.43 Å². The summed E-state index contributed by atoms with van der Waals surface area (Å²) in [6.07, 6.45) is 0. The van der Waals surface area contributed by atoms with Gasteiger partial charge in [0.1, 0.15) is 5.75 Å². The number of hydrazine groups is 1. The molecule has 2 aromatic carbocycles. The molecular formula is C14H11N3O4S. The molecule has 0 aliphatic carbocycles. The van der Waals surface area contributed by atoms with Crippen molar-refractivity contribution in [3.05, 3.63) is 59.7 Å². The van der Waals surface area contributed by atoms with Crippen LogP contribution < -0.4 is 10.3 Å². The van der Waals surface area contributed by atoms with Gasteiger partial charge in [0.25, 0.3) is 15.9 Å². The van der Waals surface area contributed by atoms with Crippen LogP contribution in [0, 0.1) is 11.3 Å². The van der Waals surface area contributed by atoms with Crippen molar-refractivity contribution in [3.8, 4) is 11.8 Å². The summed E-state index contributed by atoms with van der Waals surface area (Å²) in [5.74, 6) is -0.674. The number of sulfonamides is 1. The maximum absolute atomic E-state index is 12.0. The third-order valence-corrected chi connectivity index (χ3v) is 3.99. The summed E-state index contributed by atoms with van der Waals surface area (Å²) in [5, 5.41) is 17.8. The van der Waals surface area contributed by atoms with Crippen molar-refractivity contribution in [1.29, 1.82) is 5.26 Å². The Balaban J connectivity index is 2.07. The molecule has 0 atom stereocenters. The number of phenols is 1. The number of hydrogen-bond donors (Lipinski definition) is 3. The molecule has 0 unspecified atom stereocenters. The summed E-state index contributed by atoms with van der Waals surface area (Å²) in [4.78, 5) is 13.6. The second-order valence-electron chi connectivity index (χ2n) is 4.24. The zero-order valence-corrected chi connectivity index (χ0v) is 12.0. The lowest BCUT2D eigenvalue weighted by atomic mass is 10.2. The number of phenolic OH excluding ortho intramolecular Hbond substituents is 1. The molecule has 7 nitrogen and oxygen atoms in total. The predicted molar refractivity (Wildman–Crippen MR) is 77.1 cm³/mol. The van der Waals surface area contributed by atoms with E-state index < -0.39 is 15.9 Å². The number of nitrogens with one attached hydrogen (secondary N) is 2. The SMILES string of the molecule is N#Cc1ccc(S(=O)(=O)NNC(=O)c2ccc(O)cc2)cc1. The molecular weight excluding hydrogens is 306 g/mol. The summed E-state index contributed by atoms with van der Waals surface area (Å²) in [7, 11) is -3.94. The number of aromatic hydroxyl groups is 1. The first-order valence-electron chi connectivity index (χ1n) is 6.04. The molecule has 0 aromatic heterocycles. The molecule has 0 fully saturated rings. The van der Waals surface area contributed by atoms with Crippen LogP contribution in [-0.4, -0.2) is 19.4 Å². The highest BCUT2D eigenvalue weighted by molar-refractivity contribution is 7.89. The fraction of sp³-hybridized carbons (Fsp3) is 0. The van der Waals surface area contributed by atoms with Crippen LogP contribution >= 0.6 is 0 Å². The average molecular weight is 317 g/mol. The molecule has 112 valence electrons. The van der Waals surface area contributed by atoms with Crippen molar-refractivity contribution < 1.29 is 18.3 Å². The minimum Gasteiger partial charge on any atom is -0.508 e. The minimum absolute atomic E-state index is 0.00490. The van der Waals surface area contributed by atoms with Crippen molar-refractivity contribution in [3.63, 3.8) is 0 Å². The monoisotopic (exact) mass is 317 g/mol. The molecule has 8 heteroatoms. The van der Waals surface area contributed by atoms with Gasteiger partial charge in [-0.05, 0) is 48.5 Å². The fourth-order valence-corrected chi connectivity index (χ4v) is 2.41. The molecule has 2 aromatic rings. The van der Waals surface area contributed by atoms with Crippen molar-refractivity contribution in [1.82, 2.24) is 10.3 Å². The maximum atomic E-state index is 12.0. The molecule has 3 N–H and O–H groups in total. The minimum atomic E-state index is -3.94. The van der Waals surface area contributed by atoms with Crippen molar-refractivity contribution in [2.75, 3.05) is 0 Å². The summed E-state index contributed by atoms with van der Waals surface area (Å²) in [6.45, 7) is 0. The van der Waals surface area contributed by atoms with E-state index in [9.17, 15) is 13.2 Å². The Morgan fingerprint density at radius 1 is 1.05 bits per heavy atom. The van der Waals surface area contributed by atoms with Gasteiger partial charge in [0, 0.05) is 5.56 Å². The van der Waals surface area contributed by atoms with Gasteiger partial charge in [-0.3, -0.25) is 10.2 Å². The standard InChI is InChI=1S/C14H11N3O4S/c15-9-10-1-7-13(8-2-10)22(20,21)17-16-14(19)11-3-5-12(18)6-4-11/h1-8,17-18H,(H,16,19). The van der Waals surface area contributed by atoms with Crippen LogP contribution in [0.25, 0.3) is 0 Å². The number of carbonyl (C=O) groups excluding carboxylic acids is 1. The topological polar surface area (TPSA) is 119 Å². The van der Waals surface area contributed by atoms with Gasteiger partial charge in [-0.15, -0.1) is 4.83 Å². The lowest BCUT2D eigenvalue weighted by Crippen LogP contribution is -2.41. The summed E-state index contributed by atoms with van der Waals surface area (Å²) in [6, 6.07) is 12.4. The van der Waals surface area contributed by atoms with Gasteiger partial charge in [0.2, 0.25) is 0 Å². The first-order chi connectivity index (χ1) is 10.4. The first-order valence-corrected chi connectivity index (χ1v) is 7.52. The molecule has 0 saturated carbocycles. The zero-order valence-electron chi connectivity index (χ0n) is 11.1. The molecule has 2 rings (SSSR count). The Kier molecular flexibility index (Phi) is 4.41. The Labute approximate surface area is 126 Å². The van der Waals surface area contributed by atoms with Crippen LogP contribution in [0.5, 0.6) is 5.75 Å². The Morgan fingerprint density at radius 2 is 1.64 bits per heavy atom. The number of carbonyl (C=O) groups is 1. The highest BCUT2D eigenvalue weighted by atomic mass is 32.2. The smallest absolute Gasteiger partial charge is 0.266 e. The quantitative estimate of drug-likeness (QED) is 0.723. The van der Waals surface area contributed by atoms with E-state index in [0.717, 1.165) is 0 Å². The summed E-state index contributed by atoms with van der Waals surface area (Å²) in [5.41, 5.74) is 2.57. The molecule has 0 radical (unpaired) electrons. The van der Waals surface area contributed by atoms with Gasteiger partial charge in [0.15, 0.2) is 0 Å². The molecule has 0 aliphatic heterocycles. The van der Waals surface area contributed by atoms with E-state index in [1.54, 1.807) is 0 Å². The molecule has 0 spiro atoms. The fourth-order valence-electron chi connectivity index (χ4n) is 1.57. The molecule has 1 amide bonds. The number of amides is 1. The molecule has 0 heterocycles. The van der Waals surface area contributed by atoms with E-state index in [-0.39, 0.29) is 16.2 Å². The molecule has 0 saturated heterocycles. The van der Waals surface area contributed by atoms with Crippen LogP contribution in [-0.2, 0) is 10.0 Å². The number of hydrogen-bond acceptors (Lipinski definition) is 5. The number of benzene rings is 2. The van der Waals surface area contributed by atoms with Crippen LogP contribution in [0.3, 0.4) is 0 Å². The number of nitriles is 1. The van der Waals surface area contributed by atoms with Crippen LogP contribution in [0.4, 0.5) is 0 Å². The van der Waals surface area contributed by atoms with E-state index in [4.69, 9.17) is 10.4 Å².